The highest BCUT2D eigenvalue weighted by molar-refractivity contribution is 8.13. The molecule has 0 saturated carbocycles. The van der Waals surface area contributed by atoms with E-state index in [2.05, 4.69) is 11.9 Å². The van der Waals surface area contributed by atoms with Gasteiger partial charge in [0.05, 0.1) is 6.10 Å². The van der Waals surface area contributed by atoms with Gasteiger partial charge in [-0.3, -0.25) is 9.59 Å². The van der Waals surface area contributed by atoms with Gasteiger partial charge in [-0.25, -0.2) is 0 Å². The van der Waals surface area contributed by atoms with Crippen molar-refractivity contribution in [1.29, 1.82) is 0 Å². The summed E-state index contributed by atoms with van der Waals surface area (Å²) in [5.74, 6) is -0.0286. The van der Waals surface area contributed by atoms with Crippen LogP contribution >= 0.6 is 11.8 Å². The summed E-state index contributed by atoms with van der Waals surface area (Å²) in [5, 5.41) is 11.6. The van der Waals surface area contributed by atoms with Gasteiger partial charge in [-0.15, -0.1) is 0 Å². The van der Waals surface area contributed by atoms with E-state index in [0.29, 0.717) is 5.75 Å². The molecule has 0 bridgehead atoms. The summed E-state index contributed by atoms with van der Waals surface area (Å²) < 4.78 is 0. The van der Waals surface area contributed by atoms with E-state index >= 15 is 0 Å². The summed E-state index contributed by atoms with van der Waals surface area (Å²) in [6.07, 6.45) is 0.433. The maximum absolute atomic E-state index is 10.6. The number of rotatable bonds is 5. The molecular formula is C8H13NO3S. The fourth-order valence-corrected chi connectivity index (χ4v) is 1.11. The molecule has 74 valence electrons. The highest BCUT2D eigenvalue weighted by Crippen LogP contribution is 2.02. The van der Waals surface area contributed by atoms with E-state index in [1.54, 1.807) is 0 Å². The van der Waals surface area contributed by atoms with Gasteiger partial charge in [0, 0.05) is 19.2 Å². The molecule has 1 unspecified atom stereocenters. The maximum atomic E-state index is 10.6. The van der Waals surface area contributed by atoms with Gasteiger partial charge in [-0.1, -0.05) is 18.3 Å². The lowest BCUT2D eigenvalue weighted by atomic mass is 10.4. The SMILES string of the molecule is C=CC(=O)NCC(O)CSC(C)=O. The molecule has 0 aromatic rings. The first kappa shape index (κ1) is 12.2. The normalized spacial score (nSPS) is 11.8. The quantitative estimate of drug-likeness (QED) is 0.614. The molecule has 0 heterocycles. The van der Waals surface area contributed by atoms with Crippen LogP contribution in [0.1, 0.15) is 6.92 Å². The largest absolute Gasteiger partial charge is 0.390 e. The van der Waals surface area contributed by atoms with Gasteiger partial charge in [0.15, 0.2) is 5.12 Å². The van der Waals surface area contributed by atoms with Crippen LogP contribution in [0.3, 0.4) is 0 Å². The van der Waals surface area contributed by atoms with Crippen LogP contribution in [0.15, 0.2) is 12.7 Å². The molecule has 1 amide bonds. The number of aliphatic hydroxyl groups excluding tert-OH is 1. The predicted octanol–water partition coefficient (Wildman–Crippen LogP) is -0.0708. The van der Waals surface area contributed by atoms with Crippen molar-refractivity contribution in [3.05, 3.63) is 12.7 Å². The Morgan fingerprint density at radius 2 is 2.31 bits per heavy atom. The summed E-state index contributed by atoms with van der Waals surface area (Å²) in [6.45, 7) is 4.83. The van der Waals surface area contributed by atoms with Crippen molar-refractivity contribution in [2.75, 3.05) is 12.3 Å². The first-order valence-corrected chi connectivity index (χ1v) is 4.76. The van der Waals surface area contributed by atoms with Gasteiger partial charge in [0.1, 0.15) is 0 Å². The monoisotopic (exact) mass is 203 g/mol. The van der Waals surface area contributed by atoms with Gasteiger partial charge < -0.3 is 10.4 Å². The molecule has 0 aliphatic heterocycles. The Morgan fingerprint density at radius 1 is 1.69 bits per heavy atom. The molecule has 0 aromatic heterocycles. The summed E-state index contributed by atoms with van der Waals surface area (Å²) in [6, 6.07) is 0. The maximum Gasteiger partial charge on any atom is 0.243 e. The van der Waals surface area contributed by atoms with Crippen molar-refractivity contribution in [2.45, 2.75) is 13.0 Å². The molecule has 2 N–H and O–H groups in total. The molecule has 0 saturated heterocycles. The second-order valence-electron chi connectivity index (χ2n) is 2.41. The molecule has 0 aliphatic carbocycles. The Hall–Kier alpha value is -0.810. The van der Waals surface area contributed by atoms with Crippen LogP contribution in [0.5, 0.6) is 0 Å². The zero-order chi connectivity index (χ0) is 10.3. The van der Waals surface area contributed by atoms with E-state index in [-0.39, 0.29) is 17.6 Å². The molecule has 0 radical (unpaired) electrons. The van der Waals surface area contributed by atoms with E-state index in [9.17, 15) is 14.7 Å². The number of carbonyl (C=O) groups excluding carboxylic acids is 2. The molecule has 4 nitrogen and oxygen atoms in total. The summed E-state index contributed by atoms with van der Waals surface area (Å²) >= 11 is 1.03. The van der Waals surface area contributed by atoms with Crippen molar-refractivity contribution >= 4 is 22.8 Å². The average molecular weight is 203 g/mol. The molecule has 0 rings (SSSR count). The van der Waals surface area contributed by atoms with Crippen LogP contribution in [0.4, 0.5) is 0 Å². The van der Waals surface area contributed by atoms with Crippen LogP contribution < -0.4 is 5.32 Å². The van der Waals surface area contributed by atoms with Crippen molar-refractivity contribution in [3.63, 3.8) is 0 Å². The van der Waals surface area contributed by atoms with Crippen molar-refractivity contribution in [1.82, 2.24) is 5.32 Å². The van der Waals surface area contributed by atoms with Crippen LogP contribution in [0.25, 0.3) is 0 Å². The first-order chi connectivity index (χ1) is 6.06. The lowest BCUT2D eigenvalue weighted by molar-refractivity contribution is -0.116. The fraction of sp³-hybridized carbons (Fsp3) is 0.500. The molecule has 5 heteroatoms. The zero-order valence-electron chi connectivity index (χ0n) is 7.45. The molecule has 0 aliphatic rings. The molecule has 0 aromatic carbocycles. The van der Waals surface area contributed by atoms with Crippen molar-refractivity contribution in [3.8, 4) is 0 Å². The number of aliphatic hydroxyl groups is 1. The molecule has 0 fully saturated rings. The van der Waals surface area contributed by atoms with E-state index in [0.717, 1.165) is 17.8 Å². The highest BCUT2D eigenvalue weighted by Gasteiger charge is 2.06. The van der Waals surface area contributed by atoms with Gasteiger partial charge >= 0.3 is 0 Å². The number of hydrogen-bond acceptors (Lipinski definition) is 4. The first-order valence-electron chi connectivity index (χ1n) is 3.78. The third-order valence-corrected chi connectivity index (χ3v) is 2.13. The van der Waals surface area contributed by atoms with E-state index in [1.807, 2.05) is 0 Å². The number of amides is 1. The topological polar surface area (TPSA) is 66.4 Å². The molecule has 1 atom stereocenters. The molecular weight excluding hydrogens is 190 g/mol. The smallest absolute Gasteiger partial charge is 0.243 e. The molecule has 0 spiro atoms. The van der Waals surface area contributed by atoms with E-state index < -0.39 is 6.10 Å². The van der Waals surface area contributed by atoms with Crippen LogP contribution in [-0.2, 0) is 9.59 Å². The van der Waals surface area contributed by atoms with Gasteiger partial charge in [0.2, 0.25) is 5.91 Å². The summed E-state index contributed by atoms with van der Waals surface area (Å²) in [5.41, 5.74) is 0. The average Bonchev–Trinajstić information content (AvgIpc) is 2.10. The van der Waals surface area contributed by atoms with Crippen molar-refractivity contribution in [2.24, 2.45) is 0 Å². The minimum atomic E-state index is -0.696. The zero-order valence-corrected chi connectivity index (χ0v) is 8.26. The number of hydrogen-bond donors (Lipinski definition) is 2. The number of carbonyl (C=O) groups is 2. The highest BCUT2D eigenvalue weighted by atomic mass is 32.2. The van der Waals surface area contributed by atoms with Crippen LogP contribution in [-0.4, -0.2) is 34.5 Å². The van der Waals surface area contributed by atoms with Crippen molar-refractivity contribution < 1.29 is 14.7 Å². The minimum Gasteiger partial charge on any atom is -0.390 e. The Kier molecular flexibility index (Phi) is 6.26. The summed E-state index contributed by atoms with van der Waals surface area (Å²) in [4.78, 5) is 21.1. The fourth-order valence-electron chi connectivity index (χ4n) is 0.563. The second-order valence-corrected chi connectivity index (χ2v) is 3.60. The Balaban J connectivity index is 3.50. The van der Waals surface area contributed by atoms with E-state index in [4.69, 9.17) is 0 Å². The lowest BCUT2D eigenvalue weighted by Gasteiger charge is -2.08. The van der Waals surface area contributed by atoms with Crippen LogP contribution in [0.2, 0.25) is 0 Å². The van der Waals surface area contributed by atoms with Gasteiger partial charge in [0.25, 0.3) is 0 Å². The number of thioether (sulfide) groups is 1. The summed E-state index contributed by atoms with van der Waals surface area (Å²) in [7, 11) is 0. The van der Waals surface area contributed by atoms with Gasteiger partial charge in [-0.2, -0.15) is 0 Å². The van der Waals surface area contributed by atoms with Gasteiger partial charge in [-0.05, 0) is 6.08 Å². The van der Waals surface area contributed by atoms with Crippen LogP contribution in [0, 0.1) is 0 Å². The Labute approximate surface area is 81.4 Å². The van der Waals surface area contributed by atoms with E-state index in [1.165, 1.54) is 6.92 Å². The third kappa shape index (κ3) is 7.55. The second kappa shape index (κ2) is 6.68. The number of nitrogens with one attached hydrogen (secondary N) is 1. The Morgan fingerprint density at radius 3 is 2.77 bits per heavy atom. The lowest BCUT2D eigenvalue weighted by Crippen LogP contribution is -2.32. The third-order valence-electron chi connectivity index (χ3n) is 1.18. The minimum absolute atomic E-state index is 0.0471. The predicted molar refractivity (Wildman–Crippen MR) is 52.4 cm³/mol. The Bertz CT molecular complexity index is 206. The molecule has 13 heavy (non-hydrogen) atoms. The standard InChI is InChI=1S/C8H13NO3S/c1-3-8(12)9-4-7(11)5-13-6(2)10/h3,7,11H,1,4-5H2,2H3,(H,9,12).